The molecule has 0 unspecified atom stereocenters. The third-order valence-electron chi connectivity index (χ3n) is 2.84. The lowest BCUT2D eigenvalue weighted by Gasteiger charge is -1.98. The zero-order chi connectivity index (χ0) is 14.3. The lowest BCUT2D eigenvalue weighted by molar-refractivity contribution is 0.0602. The molecule has 3 aromatic heterocycles. The molecule has 0 fully saturated rings. The first-order valence-electron chi connectivity index (χ1n) is 5.72. The highest BCUT2D eigenvalue weighted by Crippen LogP contribution is 2.27. The number of aromatic amines is 1. The standard InChI is InChI=1S/C12H10BrN5O2/c1-18-5-7(9(13)17-18)10-15-8-6(12(19)20-2)3-4-14-11(8)16-10/h3-5H,1-2H3,(H,14,15,16). The van der Waals surface area contributed by atoms with Crippen LogP contribution in [0.1, 0.15) is 10.4 Å². The number of H-pyrrole nitrogens is 1. The van der Waals surface area contributed by atoms with Crippen molar-refractivity contribution in [3.63, 3.8) is 0 Å². The molecule has 3 heterocycles. The fourth-order valence-corrected chi connectivity index (χ4v) is 2.48. The Morgan fingerprint density at radius 3 is 2.95 bits per heavy atom. The molecule has 0 aliphatic rings. The number of fused-ring (bicyclic) bond motifs is 1. The first-order valence-corrected chi connectivity index (χ1v) is 6.52. The van der Waals surface area contributed by atoms with Crippen LogP contribution in [0.3, 0.4) is 0 Å². The van der Waals surface area contributed by atoms with E-state index in [2.05, 4.69) is 36.0 Å². The fourth-order valence-electron chi connectivity index (χ4n) is 1.94. The molecule has 0 spiro atoms. The zero-order valence-corrected chi connectivity index (χ0v) is 12.3. The summed E-state index contributed by atoms with van der Waals surface area (Å²) in [6, 6.07) is 1.59. The number of nitrogens with zero attached hydrogens (tertiary/aromatic N) is 4. The highest BCUT2D eigenvalue weighted by molar-refractivity contribution is 9.10. The van der Waals surface area contributed by atoms with Crippen LogP contribution < -0.4 is 0 Å². The van der Waals surface area contributed by atoms with Gasteiger partial charge in [-0.05, 0) is 22.0 Å². The van der Waals surface area contributed by atoms with E-state index in [1.807, 2.05) is 13.2 Å². The molecule has 8 heteroatoms. The quantitative estimate of drug-likeness (QED) is 0.723. The van der Waals surface area contributed by atoms with Gasteiger partial charge >= 0.3 is 5.97 Å². The van der Waals surface area contributed by atoms with Crippen LogP contribution in [-0.2, 0) is 11.8 Å². The summed E-state index contributed by atoms with van der Waals surface area (Å²) in [6.07, 6.45) is 3.34. The lowest BCUT2D eigenvalue weighted by atomic mass is 10.2. The molecular weight excluding hydrogens is 326 g/mol. The molecule has 7 nitrogen and oxygen atoms in total. The van der Waals surface area contributed by atoms with Crippen LogP contribution >= 0.6 is 15.9 Å². The summed E-state index contributed by atoms with van der Waals surface area (Å²) in [5, 5.41) is 4.19. The molecule has 102 valence electrons. The Morgan fingerprint density at radius 1 is 1.50 bits per heavy atom. The molecule has 0 atom stereocenters. The van der Waals surface area contributed by atoms with Gasteiger partial charge in [-0.1, -0.05) is 0 Å². The number of hydrogen-bond donors (Lipinski definition) is 1. The van der Waals surface area contributed by atoms with Crippen LogP contribution in [0.5, 0.6) is 0 Å². The number of carbonyl (C=O) groups excluding carboxylic acids is 1. The van der Waals surface area contributed by atoms with Crippen molar-refractivity contribution in [3.8, 4) is 11.4 Å². The maximum atomic E-state index is 11.7. The summed E-state index contributed by atoms with van der Waals surface area (Å²) in [7, 11) is 3.15. The molecule has 0 bridgehead atoms. The third-order valence-corrected chi connectivity index (χ3v) is 3.42. The molecule has 1 N–H and O–H groups in total. The van der Waals surface area contributed by atoms with Crippen LogP contribution in [0.25, 0.3) is 22.6 Å². The van der Waals surface area contributed by atoms with E-state index in [0.29, 0.717) is 27.2 Å². The van der Waals surface area contributed by atoms with E-state index < -0.39 is 5.97 Å². The second-order valence-electron chi connectivity index (χ2n) is 4.14. The van der Waals surface area contributed by atoms with Crippen molar-refractivity contribution in [2.24, 2.45) is 7.05 Å². The fraction of sp³-hybridized carbons (Fsp3) is 0.167. The Kier molecular flexibility index (Phi) is 3.01. The number of esters is 1. The number of aryl methyl sites for hydroxylation is 1. The van der Waals surface area contributed by atoms with Crippen LogP contribution in [0.2, 0.25) is 0 Å². The molecule has 0 radical (unpaired) electrons. The van der Waals surface area contributed by atoms with Gasteiger partial charge in [0.15, 0.2) is 5.65 Å². The van der Waals surface area contributed by atoms with Gasteiger partial charge in [-0.25, -0.2) is 14.8 Å². The molecule has 20 heavy (non-hydrogen) atoms. The predicted octanol–water partition coefficient (Wildman–Crippen LogP) is 1.91. The van der Waals surface area contributed by atoms with E-state index in [-0.39, 0.29) is 0 Å². The topological polar surface area (TPSA) is 85.7 Å². The molecule has 0 aromatic carbocycles. The van der Waals surface area contributed by atoms with E-state index in [4.69, 9.17) is 4.74 Å². The minimum absolute atomic E-state index is 0.399. The van der Waals surface area contributed by atoms with Gasteiger partial charge in [-0.15, -0.1) is 0 Å². The smallest absolute Gasteiger partial charge is 0.340 e. The van der Waals surface area contributed by atoms with Crippen LogP contribution in [0, 0.1) is 0 Å². The van der Waals surface area contributed by atoms with Crippen LogP contribution in [-0.4, -0.2) is 37.8 Å². The zero-order valence-electron chi connectivity index (χ0n) is 10.7. The van der Waals surface area contributed by atoms with E-state index in [0.717, 1.165) is 5.56 Å². The third kappa shape index (κ3) is 1.97. The Bertz CT molecular complexity index is 807. The van der Waals surface area contributed by atoms with Gasteiger partial charge < -0.3 is 9.72 Å². The molecule has 3 rings (SSSR count). The Hall–Kier alpha value is -2.22. The summed E-state index contributed by atoms with van der Waals surface area (Å²) >= 11 is 3.37. The van der Waals surface area contributed by atoms with E-state index >= 15 is 0 Å². The minimum atomic E-state index is -0.433. The van der Waals surface area contributed by atoms with Crippen LogP contribution in [0.4, 0.5) is 0 Å². The van der Waals surface area contributed by atoms with Crippen molar-refractivity contribution in [2.45, 2.75) is 0 Å². The van der Waals surface area contributed by atoms with E-state index in [9.17, 15) is 4.79 Å². The van der Waals surface area contributed by atoms with Crippen molar-refractivity contribution >= 4 is 33.1 Å². The number of aromatic nitrogens is 5. The summed E-state index contributed by atoms with van der Waals surface area (Å²) < 4.78 is 7.08. The van der Waals surface area contributed by atoms with Gasteiger partial charge in [0.2, 0.25) is 0 Å². The molecule has 0 aliphatic carbocycles. The molecular formula is C12H10BrN5O2. The Balaban J connectivity index is 2.21. The maximum absolute atomic E-state index is 11.7. The number of carbonyl (C=O) groups is 1. The van der Waals surface area contributed by atoms with Crippen molar-refractivity contribution < 1.29 is 9.53 Å². The van der Waals surface area contributed by atoms with Crippen molar-refractivity contribution in [3.05, 3.63) is 28.6 Å². The molecule has 0 aliphatic heterocycles. The number of rotatable bonds is 2. The number of methoxy groups -OCH3 is 1. The van der Waals surface area contributed by atoms with Crippen molar-refractivity contribution in [2.75, 3.05) is 7.11 Å². The largest absolute Gasteiger partial charge is 0.465 e. The molecule has 0 saturated carbocycles. The minimum Gasteiger partial charge on any atom is -0.465 e. The molecule has 0 saturated heterocycles. The van der Waals surface area contributed by atoms with Gasteiger partial charge in [0.1, 0.15) is 10.4 Å². The second-order valence-corrected chi connectivity index (χ2v) is 4.89. The number of ether oxygens (including phenoxy) is 1. The van der Waals surface area contributed by atoms with Gasteiger partial charge in [-0.3, -0.25) is 4.68 Å². The van der Waals surface area contributed by atoms with Crippen molar-refractivity contribution in [1.82, 2.24) is 24.7 Å². The Morgan fingerprint density at radius 2 is 2.30 bits per heavy atom. The van der Waals surface area contributed by atoms with Gasteiger partial charge in [0.25, 0.3) is 0 Å². The number of nitrogens with one attached hydrogen (secondary N) is 1. The first kappa shape index (κ1) is 12.8. The van der Waals surface area contributed by atoms with E-state index in [1.54, 1.807) is 10.7 Å². The highest BCUT2D eigenvalue weighted by atomic mass is 79.9. The summed E-state index contributed by atoms with van der Waals surface area (Å²) in [6.45, 7) is 0. The number of hydrogen-bond acceptors (Lipinski definition) is 5. The highest BCUT2D eigenvalue weighted by Gasteiger charge is 2.17. The monoisotopic (exact) mass is 335 g/mol. The average molecular weight is 336 g/mol. The summed E-state index contributed by atoms with van der Waals surface area (Å²) in [4.78, 5) is 23.3. The maximum Gasteiger partial charge on any atom is 0.340 e. The SMILES string of the molecule is COC(=O)c1ccnc2nc(-c3cn(C)nc3Br)[nH]c12. The molecule has 3 aromatic rings. The van der Waals surface area contributed by atoms with Gasteiger partial charge in [0, 0.05) is 19.4 Å². The Labute approximate surface area is 122 Å². The normalized spacial score (nSPS) is 10.9. The van der Waals surface area contributed by atoms with Crippen molar-refractivity contribution in [1.29, 1.82) is 0 Å². The van der Waals surface area contributed by atoms with Gasteiger partial charge in [0.05, 0.1) is 23.8 Å². The number of pyridine rings is 1. The number of halogens is 1. The second kappa shape index (κ2) is 4.71. The predicted molar refractivity (Wildman–Crippen MR) is 75.1 cm³/mol. The summed E-state index contributed by atoms with van der Waals surface area (Å²) in [5.41, 5.74) is 2.20. The first-order chi connectivity index (χ1) is 9.60. The van der Waals surface area contributed by atoms with Crippen LogP contribution in [0.15, 0.2) is 23.1 Å². The molecule has 0 amide bonds. The number of imidazole rings is 1. The lowest BCUT2D eigenvalue weighted by Crippen LogP contribution is -2.02. The summed E-state index contributed by atoms with van der Waals surface area (Å²) in [5.74, 6) is 0.154. The van der Waals surface area contributed by atoms with E-state index in [1.165, 1.54) is 13.3 Å². The van der Waals surface area contributed by atoms with Gasteiger partial charge in [-0.2, -0.15) is 5.10 Å². The average Bonchev–Trinajstić information content (AvgIpc) is 3.00.